The molecule has 146 valence electrons. The summed E-state index contributed by atoms with van der Waals surface area (Å²) >= 11 is 15.5. The van der Waals surface area contributed by atoms with Gasteiger partial charge in [-0.1, -0.05) is 23.2 Å². The number of methoxy groups -OCH3 is 1. The molecule has 3 rings (SSSR count). The lowest BCUT2D eigenvalue weighted by molar-refractivity contribution is 0.412. The summed E-state index contributed by atoms with van der Waals surface area (Å²) in [5, 5.41) is 3.87. The van der Waals surface area contributed by atoms with Crippen molar-refractivity contribution in [2.24, 2.45) is 0 Å². The minimum Gasteiger partial charge on any atom is -0.495 e. The number of rotatable bonds is 5. The topological polar surface area (TPSA) is 70.7 Å². The zero-order valence-electron chi connectivity index (χ0n) is 14.4. The molecule has 0 saturated carbocycles. The average Bonchev–Trinajstić information content (AvgIpc) is 2.65. The molecule has 0 radical (unpaired) electrons. The molecule has 10 heteroatoms. The lowest BCUT2D eigenvalue weighted by Crippen LogP contribution is -2.43. The van der Waals surface area contributed by atoms with Gasteiger partial charge in [0.1, 0.15) is 5.75 Å². The van der Waals surface area contributed by atoms with Crippen molar-refractivity contribution in [3.05, 3.63) is 44.8 Å². The van der Waals surface area contributed by atoms with Gasteiger partial charge in [-0.25, -0.2) is 8.42 Å². The number of nitrogens with one attached hydrogen (secondary N) is 2. The number of hydrogen-bond donors (Lipinski definition) is 2. The van der Waals surface area contributed by atoms with Gasteiger partial charge < -0.3 is 15.0 Å². The van der Waals surface area contributed by atoms with Crippen LogP contribution in [0.2, 0.25) is 10.0 Å². The highest BCUT2D eigenvalue weighted by molar-refractivity contribution is 9.10. The summed E-state index contributed by atoms with van der Waals surface area (Å²) in [7, 11) is -2.30. The van der Waals surface area contributed by atoms with Crippen molar-refractivity contribution in [2.75, 3.05) is 42.9 Å². The molecule has 0 atom stereocenters. The standard InChI is InChI=1S/C17H18BrCl2N3O3S/c1-26-16-3-2-12(10-15(16)23-6-4-21-5-7-23)27(24,25)22-14-9-11(19)8-13(18)17(14)20/h2-3,8-10,21-22H,4-7H2,1H3. The summed E-state index contributed by atoms with van der Waals surface area (Å²) in [6.45, 7) is 3.18. The fourth-order valence-electron chi connectivity index (χ4n) is 2.82. The normalized spacial score (nSPS) is 14.9. The summed E-state index contributed by atoms with van der Waals surface area (Å²) in [6, 6.07) is 7.83. The Balaban J connectivity index is 1.97. The number of ether oxygens (including phenoxy) is 1. The second-order valence-electron chi connectivity index (χ2n) is 5.93. The molecule has 0 aliphatic carbocycles. The van der Waals surface area contributed by atoms with Crippen molar-refractivity contribution in [3.63, 3.8) is 0 Å². The minimum absolute atomic E-state index is 0.115. The highest BCUT2D eigenvalue weighted by atomic mass is 79.9. The van der Waals surface area contributed by atoms with Gasteiger partial charge in [0.2, 0.25) is 0 Å². The van der Waals surface area contributed by atoms with E-state index < -0.39 is 10.0 Å². The van der Waals surface area contributed by atoms with E-state index in [0.29, 0.717) is 15.2 Å². The Morgan fingerprint density at radius 2 is 1.89 bits per heavy atom. The molecule has 2 aromatic carbocycles. The van der Waals surface area contributed by atoms with E-state index in [1.807, 2.05) is 0 Å². The molecule has 1 saturated heterocycles. The predicted octanol–water partition coefficient (Wildman–Crippen LogP) is 3.97. The Morgan fingerprint density at radius 3 is 2.56 bits per heavy atom. The maximum absolute atomic E-state index is 12.9. The number of sulfonamides is 1. The number of benzene rings is 2. The maximum Gasteiger partial charge on any atom is 0.262 e. The molecule has 1 aliphatic rings. The van der Waals surface area contributed by atoms with E-state index in [0.717, 1.165) is 31.9 Å². The summed E-state index contributed by atoms with van der Waals surface area (Å²) in [5.74, 6) is 0.624. The molecule has 0 amide bonds. The quantitative estimate of drug-likeness (QED) is 0.615. The van der Waals surface area contributed by atoms with E-state index >= 15 is 0 Å². The molecule has 27 heavy (non-hydrogen) atoms. The van der Waals surface area contributed by atoms with Gasteiger partial charge in [0.15, 0.2) is 0 Å². The van der Waals surface area contributed by atoms with Crippen LogP contribution in [0.5, 0.6) is 5.75 Å². The van der Waals surface area contributed by atoms with Crippen LogP contribution < -0.4 is 19.7 Å². The van der Waals surface area contributed by atoms with Crippen molar-refractivity contribution in [3.8, 4) is 5.75 Å². The van der Waals surface area contributed by atoms with Crippen LogP contribution in [0, 0.1) is 0 Å². The molecule has 0 bridgehead atoms. The van der Waals surface area contributed by atoms with Gasteiger partial charge in [0, 0.05) is 35.7 Å². The zero-order valence-corrected chi connectivity index (χ0v) is 18.3. The highest BCUT2D eigenvalue weighted by Gasteiger charge is 2.22. The second kappa shape index (κ2) is 8.45. The van der Waals surface area contributed by atoms with Crippen molar-refractivity contribution < 1.29 is 13.2 Å². The van der Waals surface area contributed by atoms with E-state index in [-0.39, 0.29) is 15.6 Å². The van der Waals surface area contributed by atoms with Gasteiger partial charge in [-0.05, 0) is 46.3 Å². The van der Waals surface area contributed by atoms with Crippen molar-refractivity contribution in [1.82, 2.24) is 5.32 Å². The van der Waals surface area contributed by atoms with E-state index in [4.69, 9.17) is 27.9 Å². The molecule has 1 aliphatic heterocycles. The lowest BCUT2D eigenvalue weighted by Gasteiger charge is -2.30. The van der Waals surface area contributed by atoms with Crippen LogP contribution in [0.4, 0.5) is 11.4 Å². The smallest absolute Gasteiger partial charge is 0.262 e. The van der Waals surface area contributed by atoms with E-state index in [2.05, 4.69) is 30.9 Å². The molecule has 1 fully saturated rings. The Hall–Kier alpha value is -1.19. The summed E-state index contributed by atoms with van der Waals surface area (Å²) in [5.41, 5.74) is 0.941. The summed E-state index contributed by atoms with van der Waals surface area (Å²) in [6.07, 6.45) is 0. The van der Waals surface area contributed by atoms with Crippen LogP contribution in [0.1, 0.15) is 0 Å². The molecule has 0 unspecified atom stereocenters. The number of nitrogens with zero attached hydrogens (tertiary/aromatic N) is 1. The first kappa shape index (κ1) is 20.5. The molecule has 0 spiro atoms. The van der Waals surface area contributed by atoms with Crippen molar-refractivity contribution in [2.45, 2.75) is 4.90 Å². The van der Waals surface area contributed by atoms with Crippen molar-refractivity contribution >= 4 is 60.5 Å². The number of piperazine rings is 1. The molecule has 1 heterocycles. The lowest BCUT2D eigenvalue weighted by atomic mass is 10.2. The van der Waals surface area contributed by atoms with Crippen LogP contribution in [0.25, 0.3) is 0 Å². The monoisotopic (exact) mass is 493 g/mol. The molecule has 2 aromatic rings. The van der Waals surface area contributed by atoms with Gasteiger partial charge in [0.05, 0.1) is 28.4 Å². The third-order valence-electron chi connectivity index (χ3n) is 4.16. The minimum atomic E-state index is -3.87. The molecular formula is C17H18BrCl2N3O3S. The van der Waals surface area contributed by atoms with E-state index in [9.17, 15) is 8.42 Å². The summed E-state index contributed by atoms with van der Waals surface area (Å²) in [4.78, 5) is 2.21. The fourth-order valence-corrected chi connectivity index (χ4v) is 4.93. The first-order valence-corrected chi connectivity index (χ1v) is 11.2. The Bertz CT molecular complexity index is 951. The predicted molar refractivity (Wildman–Crippen MR) is 113 cm³/mol. The van der Waals surface area contributed by atoms with Crippen LogP contribution in [0.3, 0.4) is 0 Å². The van der Waals surface area contributed by atoms with E-state index in [1.165, 1.54) is 12.1 Å². The van der Waals surface area contributed by atoms with Crippen LogP contribution in [0.15, 0.2) is 39.7 Å². The first-order valence-electron chi connectivity index (χ1n) is 8.13. The van der Waals surface area contributed by atoms with Gasteiger partial charge >= 0.3 is 0 Å². The average molecular weight is 495 g/mol. The van der Waals surface area contributed by atoms with Gasteiger partial charge in [-0.2, -0.15) is 0 Å². The fraction of sp³-hybridized carbons (Fsp3) is 0.294. The second-order valence-corrected chi connectivity index (χ2v) is 9.28. The summed E-state index contributed by atoms with van der Waals surface area (Å²) < 4.78 is 34.2. The van der Waals surface area contributed by atoms with Crippen LogP contribution in [-0.4, -0.2) is 41.7 Å². The highest BCUT2D eigenvalue weighted by Crippen LogP contribution is 2.36. The third-order valence-corrected chi connectivity index (χ3v) is 7.00. The number of halogens is 3. The van der Waals surface area contributed by atoms with Gasteiger partial charge in [-0.3, -0.25) is 4.72 Å². The molecule has 6 nitrogen and oxygen atoms in total. The molecular weight excluding hydrogens is 477 g/mol. The maximum atomic E-state index is 12.9. The molecule has 0 aromatic heterocycles. The number of hydrogen-bond acceptors (Lipinski definition) is 5. The third kappa shape index (κ3) is 4.63. The van der Waals surface area contributed by atoms with E-state index in [1.54, 1.807) is 25.3 Å². The van der Waals surface area contributed by atoms with Gasteiger partial charge in [0.25, 0.3) is 10.0 Å². The largest absolute Gasteiger partial charge is 0.495 e. The first-order chi connectivity index (χ1) is 12.8. The van der Waals surface area contributed by atoms with Crippen molar-refractivity contribution in [1.29, 1.82) is 0 Å². The SMILES string of the molecule is COc1ccc(S(=O)(=O)Nc2cc(Cl)cc(Br)c2Cl)cc1N1CCNCC1. The Labute approximate surface area is 177 Å². The Kier molecular flexibility index (Phi) is 6.43. The van der Waals surface area contributed by atoms with Gasteiger partial charge in [-0.15, -0.1) is 0 Å². The van der Waals surface area contributed by atoms with Crippen LogP contribution >= 0.6 is 39.1 Å². The van der Waals surface area contributed by atoms with Crippen LogP contribution in [-0.2, 0) is 10.0 Å². The zero-order chi connectivity index (χ0) is 19.6. The molecule has 2 N–H and O–H groups in total. The number of anilines is 2. The Morgan fingerprint density at radius 1 is 1.19 bits per heavy atom.